The first-order valence-electron chi connectivity index (χ1n) is 6.46. The van der Waals surface area contributed by atoms with E-state index < -0.39 is 0 Å². The van der Waals surface area contributed by atoms with Gasteiger partial charge in [-0.15, -0.1) is 11.3 Å². The molecule has 2 aromatic rings. The van der Waals surface area contributed by atoms with Gasteiger partial charge >= 0.3 is 0 Å². The third-order valence-electron chi connectivity index (χ3n) is 3.12. The summed E-state index contributed by atoms with van der Waals surface area (Å²) in [4.78, 5) is 5.50. The van der Waals surface area contributed by atoms with Gasteiger partial charge in [-0.05, 0) is 50.0 Å². The molecule has 0 aliphatic heterocycles. The molecule has 1 atom stereocenters. The van der Waals surface area contributed by atoms with Crippen LogP contribution in [-0.2, 0) is 12.8 Å². The zero-order valence-corrected chi connectivity index (χ0v) is 12.2. The van der Waals surface area contributed by atoms with Gasteiger partial charge in [-0.2, -0.15) is 0 Å². The summed E-state index contributed by atoms with van der Waals surface area (Å²) in [5.74, 6) is 1.51. The Bertz CT molecular complexity index is 485. The number of nitrogens with one attached hydrogen (secondary N) is 1. The molecule has 0 saturated heterocycles. The van der Waals surface area contributed by atoms with Gasteiger partial charge in [0.15, 0.2) is 0 Å². The SMILES string of the molecule is CNCC(Cc1cccc(OC)c1)Cc1cncs1. The molecular weight excluding hydrogens is 256 g/mol. The highest BCUT2D eigenvalue weighted by molar-refractivity contribution is 7.09. The van der Waals surface area contributed by atoms with Crippen LogP contribution in [0, 0.1) is 5.92 Å². The highest BCUT2D eigenvalue weighted by atomic mass is 32.1. The predicted molar refractivity (Wildman–Crippen MR) is 79.9 cm³/mol. The van der Waals surface area contributed by atoms with E-state index in [4.69, 9.17) is 4.74 Å². The van der Waals surface area contributed by atoms with Crippen LogP contribution >= 0.6 is 11.3 Å². The van der Waals surface area contributed by atoms with Crippen LogP contribution in [0.1, 0.15) is 10.4 Å². The average Bonchev–Trinajstić information content (AvgIpc) is 2.92. The molecular formula is C15H20N2OS. The van der Waals surface area contributed by atoms with Crippen molar-refractivity contribution in [3.05, 3.63) is 46.4 Å². The minimum Gasteiger partial charge on any atom is -0.497 e. The standard InChI is InChI=1S/C15H20N2OS/c1-16-9-13(8-15-10-17-11-19-15)6-12-4-3-5-14(7-12)18-2/h3-5,7,10-11,13,16H,6,8-9H2,1-2H3. The Balaban J connectivity index is 2.02. The van der Waals surface area contributed by atoms with Gasteiger partial charge in [0, 0.05) is 11.1 Å². The predicted octanol–water partition coefficient (Wildman–Crippen LogP) is 2.77. The molecule has 3 nitrogen and oxygen atoms in total. The smallest absolute Gasteiger partial charge is 0.119 e. The summed E-state index contributed by atoms with van der Waals surface area (Å²) in [5, 5.41) is 3.28. The lowest BCUT2D eigenvalue weighted by Gasteiger charge is -2.16. The van der Waals surface area contributed by atoms with E-state index in [1.807, 2.05) is 24.8 Å². The number of rotatable bonds is 7. The maximum absolute atomic E-state index is 5.28. The fraction of sp³-hybridized carbons (Fsp3) is 0.400. The minimum atomic E-state index is 0.581. The van der Waals surface area contributed by atoms with Crippen LogP contribution in [0.4, 0.5) is 0 Å². The van der Waals surface area contributed by atoms with E-state index in [1.54, 1.807) is 18.4 Å². The van der Waals surface area contributed by atoms with Crippen LogP contribution in [0.2, 0.25) is 0 Å². The van der Waals surface area contributed by atoms with Crippen molar-refractivity contribution in [3.8, 4) is 5.75 Å². The van der Waals surface area contributed by atoms with Crippen molar-refractivity contribution in [1.82, 2.24) is 10.3 Å². The molecule has 1 N–H and O–H groups in total. The third kappa shape index (κ3) is 4.33. The first-order valence-corrected chi connectivity index (χ1v) is 7.34. The molecule has 1 unspecified atom stereocenters. The summed E-state index contributed by atoms with van der Waals surface area (Å²) < 4.78 is 5.28. The second-order valence-electron chi connectivity index (χ2n) is 4.65. The molecule has 0 bridgehead atoms. The number of hydrogen-bond donors (Lipinski definition) is 1. The molecule has 0 saturated carbocycles. The van der Waals surface area contributed by atoms with E-state index >= 15 is 0 Å². The van der Waals surface area contributed by atoms with Crippen molar-refractivity contribution in [2.24, 2.45) is 5.92 Å². The second-order valence-corrected chi connectivity index (χ2v) is 5.62. The monoisotopic (exact) mass is 276 g/mol. The highest BCUT2D eigenvalue weighted by Crippen LogP contribution is 2.19. The molecule has 1 heterocycles. The Morgan fingerprint density at radius 3 is 2.95 bits per heavy atom. The molecule has 1 aromatic carbocycles. The molecule has 4 heteroatoms. The van der Waals surface area contributed by atoms with E-state index in [0.29, 0.717) is 5.92 Å². The number of thiazole rings is 1. The largest absolute Gasteiger partial charge is 0.497 e. The van der Waals surface area contributed by atoms with Crippen LogP contribution < -0.4 is 10.1 Å². The Morgan fingerprint density at radius 2 is 2.26 bits per heavy atom. The van der Waals surface area contributed by atoms with Crippen molar-refractivity contribution in [2.75, 3.05) is 20.7 Å². The molecule has 0 aliphatic carbocycles. The normalized spacial score (nSPS) is 12.3. The fourth-order valence-electron chi connectivity index (χ4n) is 2.27. The maximum atomic E-state index is 5.28. The average molecular weight is 276 g/mol. The van der Waals surface area contributed by atoms with Gasteiger partial charge in [0.25, 0.3) is 0 Å². The van der Waals surface area contributed by atoms with Gasteiger partial charge < -0.3 is 10.1 Å². The van der Waals surface area contributed by atoms with Gasteiger partial charge in [0.05, 0.1) is 12.6 Å². The lowest BCUT2D eigenvalue weighted by Crippen LogP contribution is -2.22. The quantitative estimate of drug-likeness (QED) is 0.844. The van der Waals surface area contributed by atoms with Crippen molar-refractivity contribution < 1.29 is 4.74 Å². The molecule has 0 aliphatic rings. The topological polar surface area (TPSA) is 34.1 Å². The number of methoxy groups -OCH3 is 1. The summed E-state index contributed by atoms with van der Waals surface area (Å²) in [5.41, 5.74) is 3.22. The van der Waals surface area contributed by atoms with Gasteiger partial charge in [-0.1, -0.05) is 12.1 Å². The molecule has 0 amide bonds. The van der Waals surface area contributed by atoms with Crippen molar-refractivity contribution in [1.29, 1.82) is 0 Å². The van der Waals surface area contributed by atoms with Crippen molar-refractivity contribution in [2.45, 2.75) is 12.8 Å². The summed E-state index contributed by atoms with van der Waals surface area (Å²) in [6.07, 6.45) is 4.09. The zero-order valence-electron chi connectivity index (χ0n) is 11.4. The van der Waals surface area contributed by atoms with E-state index in [-0.39, 0.29) is 0 Å². The van der Waals surface area contributed by atoms with Crippen LogP contribution in [0.3, 0.4) is 0 Å². The molecule has 2 rings (SSSR count). The molecule has 19 heavy (non-hydrogen) atoms. The summed E-state index contributed by atoms with van der Waals surface area (Å²) in [6.45, 7) is 1.01. The zero-order chi connectivity index (χ0) is 13.5. The van der Waals surface area contributed by atoms with Gasteiger partial charge in [-0.25, -0.2) is 0 Å². The van der Waals surface area contributed by atoms with Crippen LogP contribution in [0.25, 0.3) is 0 Å². The van der Waals surface area contributed by atoms with Crippen LogP contribution in [0.15, 0.2) is 36.0 Å². The number of ether oxygens (including phenoxy) is 1. The fourth-order valence-corrected chi connectivity index (χ4v) is 2.98. The number of benzene rings is 1. The van der Waals surface area contributed by atoms with Crippen molar-refractivity contribution in [3.63, 3.8) is 0 Å². The van der Waals surface area contributed by atoms with Crippen LogP contribution in [0.5, 0.6) is 5.75 Å². The van der Waals surface area contributed by atoms with Gasteiger partial charge in [0.1, 0.15) is 5.75 Å². The van der Waals surface area contributed by atoms with E-state index in [1.165, 1.54) is 10.4 Å². The number of hydrogen-bond acceptors (Lipinski definition) is 4. The highest BCUT2D eigenvalue weighted by Gasteiger charge is 2.11. The lowest BCUT2D eigenvalue weighted by molar-refractivity contribution is 0.413. The Kier molecular flexibility index (Phi) is 5.36. The second kappa shape index (κ2) is 7.26. The van der Waals surface area contributed by atoms with E-state index in [0.717, 1.165) is 25.1 Å². The first-order chi connectivity index (χ1) is 9.31. The van der Waals surface area contributed by atoms with E-state index in [2.05, 4.69) is 28.5 Å². The molecule has 102 valence electrons. The Labute approximate surface area is 118 Å². The first kappa shape index (κ1) is 14.0. The molecule has 0 spiro atoms. The van der Waals surface area contributed by atoms with Gasteiger partial charge in [-0.3, -0.25) is 4.98 Å². The van der Waals surface area contributed by atoms with Crippen molar-refractivity contribution >= 4 is 11.3 Å². The Hall–Kier alpha value is -1.39. The third-order valence-corrected chi connectivity index (χ3v) is 3.93. The maximum Gasteiger partial charge on any atom is 0.119 e. The lowest BCUT2D eigenvalue weighted by atomic mass is 9.95. The minimum absolute atomic E-state index is 0.581. The number of aromatic nitrogens is 1. The summed E-state index contributed by atoms with van der Waals surface area (Å²) in [7, 11) is 3.72. The summed E-state index contributed by atoms with van der Waals surface area (Å²) in [6, 6.07) is 8.32. The molecule has 1 aromatic heterocycles. The summed E-state index contributed by atoms with van der Waals surface area (Å²) >= 11 is 1.73. The van der Waals surface area contributed by atoms with Crippen LogP contribution in [-0.4, -0.2) is 25.7 Å². The van der Waals surface area contributed by atoms with Gasteiger partial charge in [0.2, 0.25) is 0 Å². The Morgan fingerprint density at radius 1 is 1.37 bits per heavy atom. The van der Waals surface area contributed by atoms with E-state index in [9.17, 15) is 0 Å². The molecule has 0 fully saturated rings. The number of nitrogens with zero attached hydrogens (tertiary/aromatic N) is 1. The molecule has 0 radical (unpaired) electrons.